The Hall–Kier alpha value is -3.84. The average molecular weight is 431 g/mol. The van der Waals surface area contributed by atoms with E-state index in [0.29, 0.717) is 0 Å². The van der Waals surface area contributed by atoms with Gasteiger partial charge in [-0.15, -0.1) is 0 Å². The fourth-order valence-electron chi connectivity index (χ4n) is 3.54. The Morgan fingerprint density at radius 2 is 0.697 bits per heavy atom. The predicted molar refractivity (Wildman–Crippen MR) is 142 cm³/mol. The van der Waals surface area contributed by atoms with Crippen molar-refractivity contribution in [1.82, 2.24) is 0 Å². The van der Waals surface area contributed by atoms with Crippen LogP contribution < -0.4 is 4.74 Å². The highest BCUT2D eigenvalue weighted by atomic mass is 16.5. The Morgan fingerprint density at radius 3 is 0.970 bits per heavy atom. The largest absolute Gasteiger partial charge is 0.457 e. The third-order valence-corrected chi connectivity index (χ3v) is 5.71. The fourth-order valence-corrected chi connectivity index (χ4v) is 3.54. The Labute approximate surface area is 197 Å². The van der Waals surface area contributed by atoms with Gasteiger partial charge in [0.15, 0.2) is 0 Å². The van der Waals surface area contributed by atoms with E-state index in [4.69, 9.17) is 4.74 Å². The van der Waals surface area contributed by atoms with Crippen LogP contribution >= 0.6 is 0 Å². The highest BCUT2D eigenvalue weighted by Gasteiger charge is 1.98. The summed E-state index contributed by atoms with van der Waals surface area (Å²) in [5.74, 6) is 1.66. The van der Waals surface area contributed by atoms with Crippen LogP contribution in [-0.2, 0) is 12.8 Å². The Morgan fingerprint density at radius 1 is 0.424 bits per heavy atom. The lowest BCUT2D eigenvalue weighted by Crippen LogP contribution is -1.84. The molecule has 0 saturated heterocycles. The monoisotopic (exact) mass is 430 g/mol. The van der Waals surface area contributed by atoms with Gasteiger partial charge in [-0.05, 0) is 70.5 Å². The van der Waals surface area contributed by atoms with Gasteiger partial charge in [0, 0.05) is 0 Å². The van der Waals surface area contributed by atoms with E-state index >= 15 is 0 Å². The minimum absolute atomic E-state index is 0.832. The molecule has 0 radical (unpaired) electrons. The van der Waals surface area contributed by atoms with E-state index in [9.17, 15) is 0 Å². The van der Waals surface area contributed by atoms with Crippen molar-refractivity contribution in [3.63, 3.8) is 0 Å². The maximum atomic E-state index is 6.02. The van der Waals surface area contributed by atoms with Crippen LogP contribution in [0.15, 0.2) is 97.1 Å². The van der Waals surface area contributed by atoms with Crippen LogP contribution in [0.25, 0.3) is 24.3 Å². The van der Waals surface area contributed by atoms with Gasteiger partial charge in [0.1, 0.15) is 11.5 Å². The van der Waals surface area contributed by atoms with Gasteiger partial charge in [-0.2, -0.15) is 0 Å². The molecule has 0 bridgehead atoms. The van der Waals surface area contributed by atoms with E-state index < -0.39 is 0 Å². The van der Waals surface area contributed by atoms with Crippen molar-refractivity contribution in [1.29, 1.82) is 0 Å². The van der Waals surface area contributed by atoms with Crippen molar-refractivity contribution in [3.8, 4) is 11.5 Å². The van der Waals surface area contributed by atoms with Gasteiger partial charge >= 0.3 is 0 Å². The van der Waals surface area contributed by atoms with E-state index in [1.54, 1.807) is 0 Å². The zero-order valence-electron chi connectivity index (χ0n) is 19.4. The third-order valence-electron chi connectivity index (χ3n) is 5.71. The Balaban J connectivity index is 1.33. The van der Waals surface area contributed by atoms with Crippen molar-refractivity contribution in [2.45, 2.75) is 26.7 Å². The van der Waals surface area contributed by atoms with E-state index in [1.807, 2.05) is 24.3 Å². The molecule has 0 amide bonds. The van der Waals surface area contributed by atoms with Crippen molar-refractivity contribution >= 4 is 24.3 Å². The molecule has 4 aromatic rings. The zero-order chi connectivity index (χ0) is 22.9. The first-order valence-corrected chi connectivity index (χ1v) is 11.6. The van der Waals surface area contributed by atoms with Crippen LogP contribution in [0.2, 0.25) is 0 Å². The van der Waals surface area contributed by atoms with Crippen LogP contribution in [-0.4, -0.2) is 0 Å². The molecule has 1 heteroatoms. The number of ether oxygens (including phenoxy) is 1. The summed E-state index contributed by atoms with van der Waals surface area (Å²) >= 11 is 0. The lowest BCUT2D eigenvalue weighted by Gasteiger charge is -2.06. The summed E-state index contributed by atoms with van der Waals surface area (Å²) in [5, 5.41) is 0. The summed E-state index contributed by atoms with van der Waals surface area (Å²) < 4.78 is 6.02. The maximum Gasteiger partial charge on any atom is 0.127 e. The first kappa shape index (κ1) is 22.4. The molecule has 0 aliphatic rings. The van der Waals surface area contributed by atoms with Gasteiger partial charge in [-0.25, -0.2) is 0 Å². The summed E-state index contributed by atoms with van der Waals surface area (Å²) in [6.45, 7) is 4.35. The van der Waals surface area contributed by atoms with Crippen LogP contribution in [0, 0.1) is 0 Å². The van der Waals surface area contributed by atoms with Gasteiger partial charge in [0.05, 0.1) is 0 Å². The van der Waals surface area contributed by atoms with Gasteiger partial charge in [-0.3, -0.25) is 0 Å². The SMILES string of the molecule is CCc1ccc(C=Cc2ccc(Oc3ccc(C=Cc4ccc(CC)cc4)cc3)cc2)cc1. The normalized spacial score (nSPS) is 11.3. The second-order valence-electron chi connectivity index (χ2n) is 8.10. The average Bonchev–Trinajstić information content (AvgIpc) is 2.88. The second kappa shape index (κ2) is 11.2. The van der Waals surface area contributed by atoms with Gasteiger partial charge in [0.25, 0.3) is 0 Å². The molecule has 0 unspecified atom stereocenters. The van der Waals surface area contributed by atoms with Crippen LogP contribution in [0.5, 0.6) is 11.5 Å². The standard InChI is InChI=1S/C32H30O/c1-3-25-5-9-27(10-6-25)13-15-29-17-21-31(22-18-29)33-32-23-19-30(20-24-32)16-14-28-11-7-26(4-2)8-12-28/h5-24H,3-4H2,1-2H3. The molecule has 0 saturated carbocycles. The van der Waals surface area contributed by atoms with E-state index in [0.717, 1.165) is 35.5 Å². The second-order valence-corrected chi connectivity index (χ2v) is 8.10. The van der Waals surface area contributed by atoms with E-state index in [-0.39, 0.29) is 0 Å². The Bertz CT molecular complexity index is 1090. The number of hydrogen-bond acceptors (Lipinski definition) is 1. The number of aryl methyl sites for hydroxylation is 2. The molecule has 0 aromatic heterocycles. The molecule has 0 N–H and O–H groups in total. The number of benzene rings is 4. The maximum absolute atomic E-state index is 6.02. The molecule has 0 spiro atoms. The molecular formula is C32H30O. The molecule has 33 heavy (non-hydrogen) atoms. The molecule has 0 aliphatic carbocycles. The molecule has 164 valence electrons. The molecule has 0 atom stereocenters. The summed E-state index contributed by atoms with van der Waals surface area (Å²) in [7, 11) is 0. The highest BCUT2D eigenvalue weighted by Crippen LogP contribution is 2.23. The van der Waals surface area contributed by atoms with Crippen molar-refractivity contribution in [2.24, 2.45) is 0 Å². The molecular weight excluding hydrogens is 400 g/mol. The Kier molecular flexibility index (Phi) is 7.56. The topological polar surface area (TPSA) is 9.23 Å². The highest BCUT2D eigenvalue weighted by molar-refractivity contribution is 5.71. The van der Waals surface area contributed by atoms with Crippen molar-refractivity contribution < 1.29 is 4.74 Å². The third kappa shape index (κ3) is 6.57. The molecule has 0 fully saturated rings. The summed E-state index contributed by atoms with van der Waals surface area (Å²) in [5.41, 5.74) is 7.43. The minimum Gasteiger partial charge on any atom is -0.457 e. The molecule has 4 aromatic carbocycles. The predicted octanol–water partition coefficient (Wildman–Crippen LogP) is 8.94. The smallest absolute Gasteiger partial charge is 0.127 e. The molecule has 4 rings (SSSR count). The quantitative estimate of drug-likeness (QED) is 0.253. The lowest BCUT2D eigenvalue weighted by atomic mass is 10.1. The van der Waals surface area contributed by atoms with E-state index in [1.165, 1.54) is 22.3 Å². The summed E-state index contributed by atoms with van der Waals surface area (Å²) in [6.07, 6.45) is 10.7. The van der Waals surface area contributed by atoms with Gasteiger partial charge < -0.3 is 4.74 Å². The first-order chi connectivity index (χ1) is 16.2. The molecule has 0 heterocycles. The number of hydrogen-bond donors (Lipinski definition) is 0. The van der Waals surface area contributed by atoms with Crippen LogP contribution in [0.3, 0.4) is 0 Å². The minimum atomic E-state index is 0.832. The summed E-state index contributed by atoms with van der Waals surface area (Å²) in [6, 6.07) is 33.7. The van der Waals surface area contributed by atoms with Crippen molar-refractivity contribution in [2.75, 3.05) is 0 Å². The van der Waals surface area contributed by atoms with Crippen LogP contribution in [0.1, 0.15) is 47.2 Å². The first-order valence-electron chi connectivity index (χ1n) is 11.6. The zero-order valence-corrected chi connectivity index (χ0v) is 19.4. The number of rotatable bonds is 8. The van der Waals surface area contributed by atoms with Crippen molar-refractivity contribution in [3.05, 3.63) is 130 Å². The fraction of sp³-hybridized carbons (Fsp3) is 0.125. The van der Waals surface area contributed by atoms with Gasteiger partial charge in [0.2, 0.25) is 0 Å². The molecule has 0 aliphatic heterocycles. The van der Waals surface area contributed by atoms with Gasteiger partial charge in [-0.1, -0.05) is 111 Å². The van der Waals surface area contributed by atoms with Crippen LogP contribution in [0.4, 0.5) is 0 Å². The lowest BCUT2D eigenvalue weighted by molar-refractivity contribution is 0.482. The van der Waals surface area contributed by atoms with E-state index in [2.05, 4.69) is 111 Å². The molecule has 1 nitrogen and oxygen atoms in total. The summed E-state index contributed by atoms with van der Waals surface area (Å²) in [4.78, 5) is 0.